The summed E-state index contributed by atoms with van der Waals surface area (Å²) in [5.74, 6) is -0.958. The smallest absolute Gasteiger partial charge is 0.310 e. The van der Waals surface area contributed by atoms with E-state index in [1.54, 1.807) is 6.07 Å². The molecule has 0 radical (unpaired) electrons. The summed E-state index contributed by atoms with van der Waals surface area (Å²) in [5, 5.41) is 0. The summed E-state index contributed by atoms with van der Waals surface area (Å²) in [6.45, 7) is 9.46. The highest BCUT2D eigenvalue weighted by atomic mass is 19.1. The zero-order valence-electron chi connectivity index (χ0n) is 13.4. The van der Waals surface area contributed by atoms with Crippen molar-refractivity contribution in [2.24, 2.45) is 5.92 Å². The maximum atomic E-state index is 14.3. The maximum absolute atomic E-state index is 14.3. The average Bonchev–Trinajstić information content (AvgIpc) is 2.82. The molecule has 116 valence electrons. The molecule has 1 saturated heterocycles. The highest BCUT2D eigenvalue weighted by molar-refractivity contribution is 5.74. The van der Waals surface area contributed by atoms with E-state index in [9.17, 15) is 9.18 Å². The molecule has 1 heterocycles. The molecule has 1 aromatic rings. The Kier molecular flexibility index (Phi) is 4.38. The van der Waals surface area contributed by atoms with E-state index in [1.807, 2.05) is 13.0 Å². The third-order valence-corrected chi connectivity index (χ3v) is 4.33. The van der Waals surface area contributed by atoms with Crippen LogP contribution >= 0.6 is 0 Å². The first-order valence-electron chi connectivity index (χ1n) is 7.33. The van der Waals surface area contributed by atoms with E-state index in [0.717, 1.165) is 5.56 Å². The van der Waals surface area contributed by atoms with Gasteiger partial charge in [0, 0.05) is 24.5 Å². The van der Waals surface area contributed by atoms with Crippen molar-refractivity contribution in [3.05, 3.63) is 35.1 Å². The van der Waals surface area contributed by atoms with Crippen molar-refractivity contribution in [3.8, 4) is 0 Å². The van der Waals surface area contributed by atoms with E-state index in [2.05, 4.69) is 25.7 Å². The number of nitrogens with zero attached hydrogens (tertiary/aromatic N) is 1. The van der Waals surface area contributed by atoms with Crippen molar-refractivity contribution in [3.63, 3.8) is 0 Å². The molecule has 0 saturated carbocycles. The molecule has 2 unspecified atom stereocenters. The second-order valence-corrected chi connectivity index (χ2v) is 6.84. The molecule has 1 aromatic carbocycles. The first-order valence-corrected chi connectivity index (χ1v) is 7.33. The summed E-state index contributed by atoms with van der Waals surface area (Å²) in [6, 6.07) is 5.23. The number of benzene rings is 1. The van der Waals surface area contributed by atoms with Crippen LogP contribution in [-0.2, 0) is 9.53 Å². The van der Waals surface area contributed by atoms with Gasteiger partial charge in [-0.1, -0.05) is 12.1 Å². The molecule has 2 atom stereocenters. The number of hydrogen-bond donors (Lipinski definition) is 0. The van der Waals surface area contributed by atoms with Crippen molar-refractivity contribution >= 4 is 5.97 Å². The van der Waals surface area contributed by atoms with Crippen molar-refractivity contribution in [1.82, 2.24) is 4.90 Å². The molecule has 1 aliphatic heterocycles. The van der Waals surface area contributed by atoms with Crippen LogP contribution in [0.3, 0.4) is 0 Å². The van der Waals surface area contributed by atoms with Crippen LogP contribution in [0.4, 0.5) is 4.39 Å². The van der Waals surface area contributed by atoms with Crippen LogP contribution in [0, 0.1) is 18.7 Å². The van der Waals surface area contributed by atoms with Crippen LogP contribution in [0.15, 0.2) is 18.2 Å². The van der Waals surface area contributed by atoms with E-state index >= 15 is 0 Å². The molecule has 2 rings (SSSR count). The Balaban J connectivity index is 2.36. The van der Waals surface area contributed by atoms with Crippen molar-refractivity contribution in [1.29, 1.82) is 0 Å². The monoisotopic (exact) mass is 293 g/mol. The summed E-state index contributed by atoms with van der Waals surface area (Å²) in [4.78, 5) is 14.3. The van der Waals surface area contributed by atoms with Gasteiger partial charge in [0.2, 0.25) is 0 Å². The molecule has 0 amide bonds. The summed E-state index contributed by atoms with van der Waals surface area (Å²) < 4.78 is 19.2. The largest absolute Gasteiger partial charge is 0.469 e. The van der Waals surface area contributed by atoms with Crippen LogP contribution in [-0.4, -0.2) is 36.6 Å². The topological polar surface area (TPSA) is 29.5 Å². The predicted octanol–water partition coefficient (Wildman–Crippen LogP) is 3.12. The second-order valence-electron chi connectivity index (χ2n) is 6.84. The number of likely N-dealkylation sites (tertiary alicyclic amines) is 1. The number of aryl methyl sites for hydroxylation is 1. The van der Waals surface area contributed by atoms with Gasteiger partial charge in [0.1, 0.15) is 5.82 Å². The van der Waals surface area contributed by atoms with E-state index in [4.69, 9.17) is 4.74 Å². The normalized spacial score (nSPS) is 23.3. The van der Waals surface area contributed by atoms with Gasteiger partial charge in [0.05, 0.1) is 13.0 Å². The number of carbonyl (C=O) groups excluding carboxylic acids is 1. The average molecular weight is 293 g/mol. The van der Waals surface area contributed by atoms with Gasteiger partial charge in [-0.05, 0) is 44.9 Å². The molecule has 0 spiro atoms. The van der Waals surface area contributed by atoms with Gasteiger partial charge in [-0.15, -0.1) is 0 Å². The van der Waals surface area contributed by atoms with Crippen LogP contribution in [0.5, 0.6) is 0 Å². The lowest BCUT2D eigenvalue weighted by Gasteiger charge is -2.31. The fraction of sp³-hybridized carbons (Fsp3) is 0.588. The summed E-state index contributed by atoms with van der Waals surface area (Å²) in [7, 11) is 1.39. The van der Waals surface area contributed by atoms with E-state index < -0.39 is 0 Å². The van der Waals surface area contributed by atoms with Crippen LogP contribution in [0.25, 0.3) is 0 Å². The van der Waals surface area contributed by atoms with Gasteiger partial charge in [-0.25, -0.2) is 4.39 Å². The third kappa shape index (κ3) is 3.26. The predicted molar refractivity (Wildman–Crippen MR) is 80.7 cm³/mol. The maximum Gasteiger partial charge on any atom is 0.310 e. The van der Waals surface area contributed by atoms with Crippen LogP contribution in [0.2, 0.25) is 0 Å². The molecule has 3 nitrogen and oxygen atoms in total. The number of ether oxygens (including phenoxy) is 1. The number of hydrogen-bond acceptors (Lipinski definition) is 3. The third-order valence-electron chi connectivity index (χ3n) is 4.33. The minimum Gasteiger partial charge on any atom is -0.469 e. The Morgan fingerprint density at radius 1 is 1.33 bits per heavy atom. The first kappa shape index (κ1) is 16.0. The fourth-order valence-corrected chi connectivity index (χ4v) is 2.99. The first-order chi connectivity index (χ1) is 9.74. The molecule has 0 bridgehead atoms. The van der Waals surface area contributed by atoms with Crippen molar-refractivity contribution < 1.29 is 13.9 Å². The molecule has 4 heteroatoms. The second kappa shape index (κ2) is 5.76. The highest BCUT2D eigenvalue weighted by Crippen LogP contribution is 2.37. The zero-order valence-corrected chi connectivity index (χ0v) is 13.4. The minimum absolute atomic E-state index is 0.0534. The lowest BCUT2D eigenvalue weighted by Crippen LogP contribution is -2.40. The molecule has 0 aliphatic carbocycles. The van der Waals surface area contributed by atoms with E-state index in [1.165, 1.54) is 13.2 Å². The molecular weight excluding hydrogens is 269 g/mol. The van der Waals surface area contributed by atoms with E-state index in [0.29, 0.717) is 18.7 Å². The van der Waals surface area contributed by atoms with Crippen LogP contribution in [0.1, 0.15) is 37.8 Å². The lowest BCUT2D eigenvalue weighted by atomic mass is 9.88. The molecule has 1 fully saturated rings. The minimum atomic E-state index is -0.313. The van der Waals surface area contributed by atoms with Crippen molar-refractivity contribution in [2.75, 3.05) is 20.2 Å². The van der Waals surface area contributed by atoms with Crippen LogP contribution < -0.4 is 0 Å². The van der Waals surface area contributed by atoms with Gasteiger partial charge in [-0.2, -0.15) is 0 Å². The molecule has 1 aliphatic rings. The number of halogens is 1. The molecule has 0 aromatic heterocycles. The molecule has 21 heavy (non-hydrogen) atoms. The Labute approximate surface area is 126 Å². The van der Waals surface area contributed by atoms with Gasteiger partial charge >= 0.3 is 5.97 Å². The summed E-state index contributed by atoms with van der Waals surface area (Å²) in [5.41, 5.74) is 1.45. The highest BCUT2D eigenvalue weighted by Gasteiger charge is 2.43. The zero-order chi connectivity index (χ0) is 15.8. The Hall–Kier alpha value is -1.42. The fourth-order valence-electron chi connectivity index (χ4n) is 2.99. The molecule has 0 N–H and O–H groups in total. The number of methoxy groups -OCH3 is 1. The SMILES string of the molecule is COC(=O)C1CN(C(C)(C)C)CC1c1ccc(C)cc1F. The summed E-state index contributed by atoms with van der Waals surface area (Å²) >= 11 is 0. The standard InChI is InChI=1S/C17H24FNO2/c1-11-6-7-12(15(18)8-11)13-9-19(17(2,3)4)10-14(13)16(20)21-5/h6-8,13-14H,9-10H2,1-5H3. The Morgan fingerprint density at radius 3 is 2.52 bits per heavy atom. The Morgan fingerprint density at radius 2 is 2.00 bits per heavy atom. The number of rotatable bonds is 2. The summed E-state index contributed by atoms with van der Waals surface area (Å²) in [6.07, 6.45) is 0. The quantitative estimate of drug-likeness (QED) is 0.785. The molecular formula is C17H24FNO2. The Bertz CT molecular complexity index is 536. The lowest BCUT2D eigenvalue weighted by molar-refractivity contribution is -0.145. The number of esters is 1. The number of carbonyl (C=O) groups is 1. The van der Waals surface area contributed by atoms with Gasteiger partial charge in [0.25, 0.3) is 0 Å². The van der Waals surface area contributed by atoms with E-state index in [-0.39, 0.29) is 29.2 Å². The van der Waals surface area contributed by atoms with Gasteiger partial charge in [0.15, 0.2) is 0 Å². The van der Waals surface area contributed by atoms with Gasteiger partial charge in [-0.3, -0.25) is 9.69 Å². The van der Waals surface area contributed by atoms with Crippen molar-refractivity contribution in [2.45, 2.75) is 39.2 Å². The van der Waals surface area contributed by atoms with Gasteiger partial charge < -0.3 is 4.74 Å².